The smallest absolute Gasteiger partial charge is 0.306 e. The minimum Gasteiger partial charge on any atom is -0.463 e. The number of nitrogens with one attached hydrogen (secondary N) is 1. The van der Waals surface area contributed by atoms with Crippen LogP contribution in [-0.2, 0) is 44.7 Å². The van der Waals surface area contributed by atoms with Crippen molar-refractivity contribution in [1.29, 1.82) is 0 Å². The van der Waals surface area contributed by atoms with Gasteiger partial charge in [0.1, 0.15) is 31.0 Å². The summed E-state index contributed by atoms with van der Waals surface area (Å²) < 4.78 is 30.5. The molecule has 0 aliphatic carbocycles. The van der Waals surface area contributed by atoms with Crippen molar-refractivity contribution in [3.63, 3.8) is 0 Å². The average molecular weight is 916 g/mol. The molecule has 2 unspecified atom stereocenters. The van der Waals surface area contributed by atoms with E-state index in [-0.39, 0.29) is 38.6 Å². The van der Waals surface area contributed by atoms with Crippen molar-refractivity contribution in [1.82, 2.24) is 5.32 Å². The van der Waals surface area contributed by atoms with E-state index >= 15 is 0 Å². The third-order valence-electron chi connectivity index (χ3n) is 13.5. The maximum Gasteiger partial charge on any atom is 0.306 e. The van der Waals surface area contributed by atoms with Crippen molar-refractivity contribution in [2.45, 2.75) is 269 Å². The Kier molecular flexibility index (Phi) is 31.8. The second-order valence-electron chi connectivity index (χ2n) is 19.2. The minimum atomic E-state index is -1.29. The molecule has 3 N–H and O–H groups in total. The number of carbonyl (C=O) groups is 3. The molecule has 8 atom stereocenters. The number of esters is 2. The van der Waals surface area contributed by atoms with Crippen LogP contribution in [0.1, 0.15) is 225 Å². The number of fused-ring (bicyclic) bond motifs is 2. The summed E-state index contributed by atoms with van der Waals surface area (Å²) in [5.41, 5.74) is 0.934. The normalized spacial score (nSPS) is 24.4. The highest BCUT2D eigenvalue weighted by atomic mass is 16.7. The monoisotopic (exact) mass is 916 g/mol. The molecular weight excluding hydrogens is 823 g/mol. The number of aliphatic hydroxyl groups excluding tert-OH is 2. The molecule has 2 heterocycles. The number of carbonyl (C=O) groups excluding carboxylic acids is 3. The van der Waals surface area contributed by atoms with Gasteiger partial charge in [-0.3, -0.25) is 14.4 Å². The molecule has 2 aliphatic heterocycles. The highest BCUT2D eigenvalue weighted by Gasteiger charge is 2.46. The fourth-order valence-corrected chi connectivity index (χ4v) is 9.16. The molecule has 2 aliphatic rings. The van der Waals surface area contributed by atoms with Gasteiger partial charge in [-0.2, -0.15) is 0 Å². The Morgan fingerprint density at radius 3 is 1.68 bits per heavy atom. The van der Waals surface area contributed by atoms with Gasteiger partial charge in [0.25, 0.3) is 0 Å². The maximum atomic E-state index is 13.6. The van der Waals surface area contributed by atoms with Gasteiger partial charge in [0.05, 0.1) is 38.2 Å². The van der Waals surface area contributed by atoms with Gasteiger partial charge in [0.2, 0.25) is 5.91 Å². The van der Waals surface area contributed by atoms with Crippen molar-refractivity contribution < 1.29 is 48.3 Å². The molecule has 0 aromatic heterocycles. The van der Waals surface area contributed by atoms with Gasteiger partial charge >= 0.3 is 11.9 Å². The van der Waals surface area contributed by atoms with E-state index in [4.69, 9.17) is 23.7 Å². The molecule has 1 aromatic rings. The van der Waals surface area contributed by atoms with Gasteiger partial charge in [0.15, 0.2) is 6.29 Å². The van der Waals surface area contributed by atoms with E-state index in [2.05, 4.69) is 19.2 Å². The Morgan fingerprint density at radius 1 is 0.646 bits per heavy atom. The number of hydrogen-bond donors (Lipinski definition) is 3. The highest BCUT2D eigenvalue weighted by Crippen LogP contribution is 2.31. The Morgan fingerprint density at radius 2 is 1.14 bits per heavy atom. The molecule has 2 saturated heterocycles. The molecule has 2 bridgehead atoms. The number of aliphatic hydroxyl groups is 2. The summed E-state index contributed by atoms with van der Waals surface area (Å²) in [6.07, 6.45) is 27.0. The lowest BCUT2D eigenvalue weighted by atomic mass is 9.90. The number of cyclic esters (lactones) is 2. The molecule has 65 heavy (non-hydrogen) atoms. The Bertz CT molecular complexity index is 1350. The van der Waals surface area contributed by atoms with E-state index in [0.29, 0.717) is 12.8 Å². The zero-order chi connectivity index (χ0) is 46.7. The molecule has 11 heteroatoms. The largest absolute Gasteiger partial charge is 0.463 e. The Hall–Kier alpha value is -2.57. The highest BCUT2D eigenvalue weighted by molar-refractivity contribution is 5.78. The number of amides is 1. The van der Waals surface area contributed by atoms with Gasteiger partial charge in [-0.05, 0) is 24.8 Å². The SMILES string of the molecule is CCCCCCCCCCCCCCCCCC(=O)N[C@H]1CO[C@@H]2OC(COC(=O)CCC(=O)O[C@H](CCCCCCCCCCCCCC)[C@H]1O)[C@@H](O)[C@H](C)C2OCc1ccccc1. The standard InChI is InChI=1S/C54H93NO10/c1-4-6-8-10-12-14-16-18-19-20-22-24-26-28-33-37-48(56)55-45-41-63-54-53(62-40-44-34-30-29-31-35-44)43(3)51(59)47(65-54)42-61-49(57)38-39-50(58)64-46(52(45)60)36-32-27-25-23-21-17-15-13-11-9-7-5-2/h29-31,34-35,43,45-47,51-54,59-60H,4-28,32-33,36-42H2,1-3H3,(H,55,56)/t43-,45-,46+,47?,51-,52-,53?,54+/m0/s1. The summed E-state index contributed by atoms with van der Waals surface area (Å²) in [5.74, 6) is -1.94. The Labute approximate surface area is 394 Å². The first-order valence-corrected chi connectivity index (χ1v) is 26.7. The summed E-state index contributed by atoms with van der Waals surface area (Å²) in [6, 6.07) is 8.74. The molecule has 11 nitrogen and oxygen atoms in total. The summed E-state index contributed by atoms with van der Waals surface area (Å²) in [6.45, 7) is 6.18. The molecule has 1 amide bonds. The van der Waals surface area contributed by atoms with E-state index in [1.54, 1.807) is 0 Å². The fraction of sp³-hybridized carbons (Fsp3) is 0.833. The Balaban J connectivity index is 1.62. The van der Waals surface area contributed by atoms with Crippen molar-refractivity contribution in [3.05, 3.63) is 35.9 Å². The average Bonchev–Trinajstić information content (AvgIpc) is 3.31. The minimum absolute atomic E-state index is 0.163. The maximum absolute atomic E-state index is 13.6. The van der Waals surface area contributed by atoms with E-state index < -0.39 is 60.7 Å². The fourth-order valence-electron chi connectivity index (χ4n) is 9.16. The predicted octanol–water partition coefficient (Wildman–Crippen LogP) is 11.8. The van der Waals surface area contributed by atoms with Crippen LogP contribution in [-0.4, -0.2) is 84.1 Å². The molecule has 0 radical (unpaired) electrons. The van der Waals surface area contributed by atoms with E-state index in [0.717, 1.165) is 50.5 Å². The second kappa shape index (κ2) is 36.5. The van der Waals surface area contributed by atoms with Crippen LogP contribution in [0.15, 0.2) is 30.3 Å². The molecule has 374 valence electrons. The molecule has 1 aromatic carbocycles. The second-order valence-corrected chi connectivity index (χ2v) is 19.2. The summed E-state index contributed by atoms with van der Waals surface area (Å²) in [5, 5.41) is 26.4. The first-order chi connectivity index (χ1) is 31.7. The molecule has 0 spiro atoms. The lowest BCUT2D eigenvalue weighted by molar-refractivity contribution is -0.301. The van der Waals surface area contributed by atoms with Gasteiger partial charge < -0.3 is 39.2 Å². The van der Waals surface area contributed by atoms with Crippen molar-refractivity contribution >= 4 is 17.8 Å². The first kappa shape index (κ1) is 56.8. The van der Waals surface area contributed by atoms with Crippen LogP contribution in [0.4, 0.5) is 0 Å². The van der Waals surface area contributed by atoms with Gasteiger partial charge in [-0.1, -0.05) is 212 Å². The van der Waals surface area contributed by atoms with Crippen molar-refractivity contribution in [3.8, 4) is 0 Å². The van der Waals surface area contributed by atoms with Crippen LogP contribution in [0.3, 0.4) is 0 Å². The van der Waals surface area contributed by atoms with Gasteiger partial charge in [0, 0.05) is 12.3 Å². The quantitative estimate of drug-likeness (QED) is 0.0459. The molecule has 3 rings (SSSR count). The zero-order valence-corrected chi connectivity index (χ0v) is 41.2. The van der Waals surface area contributed by atoms with Crippen LogP contribution in [0.5, 0.6) is 0 Å². The molecular formula is C54H93NO10. The molecule has 2 fully saturated rings. The van der Waals surface area contributed by atoms with Gasteiger partial charge in [-0.25, -0.2) is 0 Å². The van der Waals surface area contributed by atoms with Crippen LogP contribution in [0.2, 0.25) is 0 Å². The van der Waals surface area contributed by atoms with Crippen LogP contribution in [0.25, 0.3) is 0 Å². The number of unbranched alkanes of at least 4 members (excludes halogenated alkanes) is 25. The van der Waals surface area contributed by atoms with E-state index in [9.17, 15) is 24.6 Å². The third kappa shape index (κ3) is 25.4. The van der Waals surface area contributed by atoms with Crippen molar-refractivity contribution in [2.75, 3.05) is 13.2 Å². The summed E-state index contributed by atoms with van der Waals surface area (Å²) in [4.78, 5) is 39.6. The number of ether oxygens (including phenoxy) is 5. The lowest BCUT2D eigenvalue weighted by Gasteiger charge is -2.43. The zero-order valence-electron chi connectivity index (χ0n) is 41.2. The first-order valence-electron chi connectivity index (χ1n) is 26.7. The van der Waals surface area contributed by atoms with Crippen LogP contribution in [0, 0.1) is 5.92 Å². The van der Waals surface area contributed by atoms with Crippen molar-refractivity contribution in [2.24, 2.45) is 5.92 Å². The number of benzene rings is 1. The molecule has 0 saturated carbocycles. The van der Waals surface area contributed by atoms with E-state index in [1.807, 2.05) is 37.3 Å². The number of hydrogen-bond acceptors (Lipinski definition) is 10. The summed E-state index contributed by atoms with van der Waals surface area (Å²) >= 11 is 0. The third-order valence-corrected chi connectivity index (χ3v) is 13.5. The van der Waals surface area contributed by atoms with Gasteiger partial charge in [-0.15, -0.1) is 0 Å². The topological polar surface area (TPSA) is 150 Å². The lowest BCUT2D eigenvalue weighted by Crippen LogP contribution is -2.58. The van der Waals surface area contributed by atoms with Crippen LogP contribution < -0.4 is 5.32 Å². The van der Waals surface area contributed by atoms with E-state index in [1.165, 1.54) is 128 Å². The van der Waals surface area contributed by atoms with Crippen LogP contribution >= 0.6 is 0 Å². The predicted molar refractivity (Wildman–Crippen MR) is 258 cm³/mol. The number of rotatable bonds is 33. The summed E-state index contributed by atoms with van der Waals surface area (Å²) in [7, 11) is 0.